The van der Waals surface area contributed by atoms with Crippen molar-refractivity contribution < 1.29 is 14.9 Å². The summed E-state index contributed by atoms with van der Waals surface area (Å²) in [6.07, 6.45) is -0.205. The summed E-state index contributed by atoms with van der Waals surface area (Å²) in [4.78, 5) is 0. The van der Waals surface area contributed by atoms with E-state index >= 15 is 0 Å². The molecule has 2 atom stereocenters. The second kappa shape index (κ2) is 8.53. The van der Waals surface area contributed by atoms with Crippen molar-refractivity contribution >= 4 is 15.9 Å². The van der Waals surface area contributed by atoms with Gasteiger partial charge in [0.25, 0.3) is 0 Å². The maximum Gasteiger partial charge on any atom is 0.133 e. The molecule has 1 aromatic carbocycles. The first-order chi connectivity index (χ1) is 8.99. The van der Waals surface area contributed by atoms with Gasteiger partial charge in [0.05, 0.1) is 10.6 Å². The lowest BCUT2D eigenvalue weighted by atomic mass is 10.2. The third kappa shape index (κ3) is 6.92. The lowest BCUT2D eigenvalue weighted by molar-refractivity contribution is 0.104. The van der Waals surface area contributed by atoms with Gasteiger partial charge >= 0.3 is 0 Å². The van der Waals surface area contributed by atoms with E-state index in [1.54, 1.807) is 6.92 Å². The second-order valence-corrected chi connectivity index (χ2v) is 5.59. The molecule has 0 heterocycles. The molecule has 108 valence electrons. The predicted octanol–water partition coefficient (Wildman–Crippen LogP) is 1.86. The van der Waals surface area contributed by atoms with E-state index in [0.29, 0.717) is 19.5 Å². The number of halogens is 1. The summed E-state index contributed by atoms with van der Waals surface area (Å²) >= 11 is 3.43. The molecule has 0 saturated heterocycles. The number of aliphatic hydroxyl groups excluding tert-OH is 2. The molecule has 0 bridgehead atoms. The van der Waals surface area contributed by atoms with E-state index in [1.165, 1.54) is 0 Å². The maximum absolute atomic E-state index is 9.76. The van der Waals surface area contributed by atoms with Gasteiger partial charge in [0, 0.05) is 6.54 Å². The summed E-state index contributed by atoms with van der Waals surface area (Å²) in [5, 5.41) is 21.9. The van der Waals surface area contributed by atoms with Gasteiger partial charge in [-0.05, 0) is 60.4 Å². The van der Waals surface area contributed by atoms with E-state index in [4.69, 9.17) is 9.84 Å². The van der Waals surface area contributed by atoms with Gasteiger partial charge in [0.1, 0.15) is 18.5 Å². The molecule has 4 nitrogen and oxygen atoms in total. The monoisotopic (exact) mass is 331 g/mol. The zero-order valence-electron chi connectivity index (χ0n) is 11.4. The third-order valence-corrected chi connectivity index (χ3v) is 3.26. The van der Waals surface area contributed by atoms with Crippen LogP contribution >= 0.6 is 15.9 Å². The highest BCUT2D eigenvalue weighted by Crippen LogP contribution is 2.25. The fourth-order valence-corrected chi connectivity index (χ4v) is 2.16. The normalized spacial score (nSPS) is 14.2. The molecule has 0 aliphatic carbocycles. The van der Waals surface area contributed by atoms with E-state index in [1.807, 2.05) is 25.1 Å². The highest BCUT2D eigenvalue weighted by Gasteiger charge is 2.07. The van der Waals surface area contributed by atoms with Gasteiger partial charge in [-0.25, -0.2) is 0 Å². The topological polar surface area (TPSA) is 61.7 Å². The van der Waals surface area contributed by atoms with Crippen molar-refractivity contribution in [3.8, 4) is 5.75 Å². The highest BCUT2D eigenvalue weighted by atomic mass is 79.9. The maximum atomic E-state index is 9.76. The lowest BCUT2D eigenvalue weighted by Crippen LogP contribution is -2.32. The first-order valence-corrected chi connectivity index (χ1v) is 7.24. The molecule has 0 aliphatic heterocycles. The summed E-state index contributed by atoms with van der Waals surface area (Å²) in [5.41, 5.74) is 1.15. The van der Waals surface area contributed by atoms with Crippen molar-refractivity contribution in [2.75, 3.05) is 19.7 Å². The molecule has 0 amide bonds. The van der Waals surface area contributed by atoms with Crippen LogP contribution in [0.4, 0.5) is 0 Å². The van der Waals surface area contributed by atoms with Gasteiger partial charge in [-0.3, -0.25) is 0 Å². The number of rotatable bonds is 8. The van der Waals surface area contributed by atoms with Crippen molar-refractivity contribution in [1.29, 1.82) is 0 Å². The number of hydrogen-bond acceptors (Lipinski definition) is 4. The molecule has 1 aromatic rings. The Morgan fingerprint density at radius 1 is 1.37 bits per heavy atom. The molecule has 0 spiro atoms. The molecule has 1 rings (SSSR count). The van der Waals surface area contributed by atoms with Gasteiger partial charge in [-0.15, -0.1) is 0 Å². The summed E-state index contributed by atoms with van der Waals surface area (Å²) in [6.45, 7) is 5.13. The van der Waals surface area contributed by atoms with E-state index < -0.39 is 6.10 Å². The van der Waals surface area contributed by atoms with Crippen LogP contribution in [0.1, 0.15) is 18.9 Å². The third-order valence-electron chi connectivity index (χ3n) is 2.64. The Hall–Kier alpha value is -0.620. The Bertz CT molecular complexity index is 385. The molecule has 2 unspecified atom stereocenters. The van der Waals surface area contributed by atoms with E-state index in [-0.39, 0.29) is 12.7 Å². The van der Waals surface area contributed by atoms with Crippen molar-refractivity contribution in [2.24, 2.45) is 0 Å². The molecule has 0 fully saturated rings. The standard InChI is InChI=1S/C14H22BrNO3/c1-10-3-4-14(13(15)7-10)19-9-12(18)8-16-6-5-11(2)17/h3-4,7,11-12,16-18H,5-6,8-9H2,1-2H3. The molecule has 0 aromatic heterocycles. The molecule has 5 heteroatoms. The Morgan fingerprint density at radius 3 is 2.74 bits per heavy atom. The van der Waals surface area contributed by atoms with Crippen LogP contribution in [0.3, 0.4) is 0 Å². The lowest BCUT2D eigenvalue weighted by Gasteiger charge is -2.14. The van der Waals surface area contributed by atoms with Crippen LogP contribution in [0.2, 0.25) is 0 Å². The minimum Gasteiger partial charge on any atom is -0.490 e. The van der Waals surface area contributed by atoms with Crippen LogP contribution in [0, 0.1) is 6.92 Å². The largest absolute Gasteiger partial charge is 0.490 e. The Labute approximate surface area is 122 Å². The Kier molecular flexibility index (Phi) is 7.38. The van der Waals surface area contributed by atoms with Crippen molar-refractivity contribution in [1.82, 2.24) is 5.32 Å². The molecule has 0 saturated carbocycles. The Morgan fingerprint density at radius 2 is 2.11 bits per heavy atom. The summed E-state index contributed by atoms with van der Waals surface area (Å²) in [7, 11) is 0. The van der Waals surface area contributed by atoms with Gasteiger partial charge in [0.15, 0.2) is 0 Å². The quantitative estimate of drug-likeness (QED) is 0.636. The van der Waals surface area contributed by atoms with Crippen LogP contribution < -0.4 is 10.1 Å². The predicted molar refractivity (Wildman–Crippen MR) is 79.5 cm³/mol. The molecule has 0 aliphatic rings. The summed E-state index contributed by atoms with van der Waals surface area (Å²) in [5.74, 6) is 0.730. The number of ether oxygens (including phenoxy) is 1. The van der Waals surface area contributed by atoms with Gasteiger partial charge in [0.2, 0.25) is 0 Å². The van der Waals surface area contributed by atoms with E-state index in [9.17, 15) is 5.11 Å². The van der Waals surface area contributed by atoms with Crippen molar-refractivity contribution in [3.63, 3.8) is 0 Å². The highest BCUT2D eigenvalue weighted by molar-refractivity contribution is 9.10. The zero-order valence-corrected chi connectivity index (χ0v) is 13.0. The first-order valence-electron chi connectivity index (χ1n) is 6.45. The fraction of sp³-hybridized carbons (Fsp3) is 0.571. The van der Waals surface area contributed by atoms with Crippen molar-refractivity contribution in [3.05, 3.63) is 28.2 Å². The van der Waals surface area contributed by atoms with Crippen LogP contribution in [0.15, 0.2) is 22.7 Å². The molecular formula is C14H22BrNO3. The van der Waals surface area contributed by atoms with Crippen LogP contribution in [-0.4, -0.2) is 42.1 Å². The summed E-state index contributed by atoms with van der Waals surface area (Å²) < 4.78 is 6.44. The molecule has 3 N–H and O–H groups in total. The molecule has 19 heavy (non-hydrogen) atoms. The zero-order chi connectivity index (χ0) is 14.3. The number of benzene rings is 1. The van der Waals surface area contributed by atoms with E-state index in [2.05, 4.69) is 21.2 Å². The van der Waals surface area contributed by atoms with Crippen LogP contribution in [-0.2, 0) is 0 Å². The van der Waals surface area contributed by atoms with Crippen LogP contribution in [0.25, 0.3) is 0 Å². The number of nitrogens with one attached hydrogen (secondary N) is 1. The molecule has 0 radical (unpaired) electrons. The van der Waals surface area contributed by atoms with E-state index in [0.717, 1.165) is 15.8 Å². The first kappa shape index (κ1) is 16.4. The Balaban J connectivity index is 2.24. The number of hydrogen-bond donors (Lipinski definition) is 3. The smallest absolute Gasteiger partial charge is 0.133 e. The molecular weight excluding hydrogens is 310 g/mol. The summed E-state index contributed by atoms with van der Waals surface area (Å²) in [6, 6.07) is 5.82. The SMILES string of the molecule is Cc1ccc(OCC(O)CNCCC(C)O)c(Br)c1. The fourth-order valence-electron chi connectivity index (χ4n) is 1.55. The minimum atomic E-state index is -0.567. The van der Waals surface area contributed by atoms with Gasteiger partial charge in [-0.2, -0.15) is 0 Å². The average Bonchev–Trinajstić information content (AvgIpc) is 2.33. The van der Waals surface area contributed by atoms with Crippen molar-refractivity contribution in [2.45, 2.75) is 32.5 Å². The minimum absolute atomic E-state index is 0.239. The average molecular weight is 332 g/mol. The van der Waals surface area contributed by atoms with Gasteiger partial charge in [-0.1, -0.05) is 6.07 Å². The second-order valence-electron chi connectivity index (χ2n) is 4.74. The number of aryl methyl sites for hydroxylation is 1. The van der Waals surface area contributed by atoms with Gasteiger partial charge < -0.3 is 20.3 Å². The number of aliphatic hydroxyl groups is 2. The van der Waals surface area contributed by atoms with Crippen LogP contribution in [0.5, 0.6) is 5.75 Å².